The summed E-state index contributed by atoms with van der Waals surface area (Å²) in [5.41, 5.74) is 0.972. The number of hydrogen-bond acceptors (Lipinski definition) is 5. The number of methoxy groups -OCH3 is 1. The number of rotatable bonds is 6. The van der Waals surface area contributed by atoms with Gasteiger partial charge in [0.15, 0.2) is 0 Å². The summed E-state index contributed by atoms with van der Waals surface area (Å²) in [7, 11) is 1.35. The molecule has 1 aromatic rings. The van der Waals surface area contributed by atoms with E-state index in [1.165, 1.54) is 7.11 Å². The van der Waals surface area contributed by atoms with Gasteiger partial charge in [-0.2, -0.15) is 0 Å². The van der Waals surface area contributed by atoms with Gasteiger partial charge in [0, 0.05) is 12.1 Å². The second-order valence-electron chi connectivity index (χ2n) is 4.55. The Kier molecular flexibility index (Phi) is 5.50. The van der Waals surface area contributed by atoms with E-state index >= 15 is 0 Å². The molecule has 1 heterocycles. The summed E-state index contributed by atoms with van der Waals surface area (Å²) in [4.78, 5) is 25.1. The number of para-hydroxylation sites is 1. The molecule has 21 heavy (non-hydrogen) atoms. The van der Waals surface area contributed by atoms with Crippen LogP contribution in [0.2, 0.25) is 0 Å². The first-order chi connectivity index (χ1) is 10.2. The fourth-order valence-corrected chi connectivity index (χ4v) is 3.48. The van der Waals surface area contributed by atoms with Crippen molar-refractivity contribution in [3.8, 4) is 5.75 Å². The van der Waals surface area contributed by atoms with Gasteiger partial charge in [-0.3, -0.25) is 9.59 Å². The molecule has 0 aromatic heterocycles. The zero-order valence-electron chi connectivity index (χ0n) is 12.2. The molecule has 0 radical (unpaired) electrons. The zero-order chi connectivity index (χ0) is 15.2. The Morgan fingerprint density at radius 3 is 2.90 bits per heavy atom. The van der Waals surface area contributed by atoms with Gasteiger partial charge in [-0.25, -0.2) is 0 Å². The van der Waals surface area contributed by atoms with Crippen LogP contribution in [-0.2, 0) is 14.3 Å². The van der Waals surface area contributed by atoms with Crippen LogP contribution >= 0.6 is 11.8 Å². The van der Waals surface area contributed by atoms with Crippen molar-refractivity contribution < 1.29 is 19.1 Å². The van der Waals surface area contributed by atoms with Gasteiger partial charge in [-0.05, 0) is 13.0 Å². The van der Waals surface area contributed by atoms with Crippen molar-refractivity contribution in [3.05, 3.63) is 29.8 Å². The van der Waals surface area contributed by atoms with Crippen LogP contribution in [0.5, 0.6) is 5.75 Å². The highest BCUT2D eigenvalue weighted by Gasteiger charge is 2.34. The summed E-state index contributed by atoms with van der Waals surface area (Å²) < 4.78 is 10.3. The molecular formula is C15H19NO4S. The fraction of sp³-hybridized carbons (Fsp3) is 0.467. The summed E-state index contributed by atoms with van der Waals surface area (Å²) in [5, 5.41) is -0.107. The molecule has 114 valence electrons. The van der Waals surface area contributed by atoms with E-state index < -0.39 is 0 Å². The molecule has 1 aromatic carbocycles. The first-order valence-electron chi connectivity index (χ1n) is 6.87. The highest BCUT2D eigenvalue weighted by atomic mass is 32.2. The lowest BCUT2D eigenvalue weighted by atomic mass is 10.1. The quantitative estimate of drug-likeness (QED) is 0.754. The Balaban J connectivity index is 2.17. The molecule has 5 nitrogen and oxygen atoms in total. The third kappa shape index (κ3) is 3.69. The van der Waals surface area contributed by atoms with Gasteiger partial charge in [0.05, 0.1) is 25.9 Å². The lowest BCUT2D eigenvalue weighted by molar-refractivity contribution is -0.141. The highest BCUT2D eigenvalue weighted by Crippen LogP contribution is 2.42. The molecule has 1 unspecified atom stereocenters. The second kappa shape index (κ2) is 7.36. The number of ether oxygens (including phenoxy) is 2. The minimum absolute atomic E-state index is 0.0419. The monoisotopic (exact) mass is 309 g/mol. The van der Waals surface area contributed by atoms with Crippen molar-refractivity contribution in [1.82, 2.24) is 4.90 Å². The van der Waals surface area contributed by atoms with Crippen LogP contribution in [-0.4, -0.2) is 42.8 Å². The molecule has 0 N–H and O–H groups in total. The van der Waals surface area contributed by atoms with Crippen LogP contribution in [0.25, 0.3) is 0 Å². The Bertz CT molecular complexity index is 520. The number of benzene rings is 1. The van der Waals surface area contributed by atoms with E-state index in [9.17, 15) is 9.59 Å². The SMILES string of the molecule is CCOc1ccccc1C1SCC(=O)N1CCC(=O)OC. The van der Waals surface area contributed by atoms with Crippen molar-refractivity contribution in [1.29, 1.82) is 0 Å². The van der Waals surface area contributed by atoms with Gasteiger partial charge in [0.1, 0.15) is 11.1 Å². The Hall–Kier alpha value is -1.69. The minimum atomic E-state index is -0.309. The van der Waals surface area contributed by atoms with Crippen molar-refractivity contribution in [2.75, 3.05) is 26.0 Å². The summed E-state index contributed by atoms with van der Waals surface area (Å²) in [6.45, 7) is 2.87. The van der Waals surface area contributed by atoms with E-state index in [0.29, 0.717) is 18.9 Å². The normalized spacial score (nSPS) is 17.9. The lowest BCUT2D eigenvalue weighted by Crippen LogP contribution is -2.30. The van der Waals surface area contributed by atoms with Crippen LogP contribution in [0.3, 0.4) is 0 Å². The van der Waals surface area contributed by atoms with Crippen LogP contribution in [0.4, 0.5) is 0 Å². The average molecular weight is 309 g/mol. The van der Waals surface area contributed by atoms with E-state index in [1.54, 1.807) is 16.7 Å². The number of esters is 1. The third-order valence-electron chi connectivity index (χ3n) is 3.24. The van der Waals surface area contributed by atoms with E-state index in [4.69, 9.17) is 4.74 Å². The van der Waals surface area contributed by atoms with Gasteiger partial charge in [-0.15, -0.1) is 11.8 Å². The molecule has 0 saturated carbocycles. The van der Waals surface area contributed by atoms with Crippen LogP contribution in [0.15, 0.2) is 24.3 Å². The number of nitrogens with zero attached hydrogens (tertiary/aromatic N) is 1. The van der Waals surface area contributed by atoms with E-state index in [2.05, 4.69) is 4.74 Å². The first kappa shape index (κ1) is 15.7. The summed E-state index contributed by atoms with van der Waals surface area (Å²) in [6.07, 6.45) is 0.204. The molecule has 1 saturated heterocycles. The van der Waals surface area contributed by atoms with Crippen LogP contribution < -0.4 is 4.74 Å². The van der Waals surface area contributed by atoms with Gasteiger partial charge in [-0.1, -0.05) is 18.2 Å². The van der Waals surface area contributed by atoms with Crippen LogP contribution in [0, 0.1) is 0 Å². The molecule has 1 aliphatic rings. The molecule has 0 bridgehead atoms. The maximum absolute atomic E-state index is 12.0. The summed E-state index contributed by atoms with van der Waals surface area (Å²) in [5.74, 6) is 0.943. The lowest BCUT2D eigenvalue weighted by Gasteiger charge is -2.25. The first-order valence-corrected chi connectivity index (χ1v) is 7.91. The number of carbonyl (C=O) groups excluding carboxylic acids is 2. The average Bonchev–Trinajstić information content (AvgIpc) is 2.86. The zero-order valence-corrected chi connectivity index (χ0v) is 13.0. The maximum atomic E-state index is 12.0. The largest absolute Gasteiger partial charge is 0.493 e. The molecule has 1 aliphatic heterocycles. The van der Waals surface area contributed by atoms with Crippen molar-refractivity contribution >= 4 is 23.6 Å². The topological polar surface area (TPSA) is 55.8 Å². The molecule has 0 spiro atoms. The molecule has 1 fully saturated rings. The van der Waals surface area contributed by atoms with Gasteiger partial charge in [0.25, 0.3) is 0 Å². The number of thioether (sulfide) groups is 1. The number of amides is 1. The molecule has 1 atom stereocenters. The Morgan fingerprint density at radius 1 is 1.43 bits per heavy atom. The maximum Gasteiger partial charge on any atom is 0.307 e. The molecular weight excluding hydrogens is 290 g/mol. The Labute approximate surface area is 128 Å². The predicted molar refractivity (Wildman–Crippen MR) is 81.2 cm³/mol. The summed E-state index contributed by atoms with van der Waals surface area (Å²) >= 11 is 1.56. The molecule has 0 aliphatic carbocycles. The van der Waals surface area contributed by atoms with Gasteiger partial charge < -0.3 is 14.4 Å². The molecule has 2 rings (SSSR count). The minimum Gasteiger partial charge on any atom is -0.493 e. The second-order valence-corrected chi connectivity index (χ2v) is 5.62. The van der Waals surface area contributed by atoms with E-state index in [1.807, 2.05) is 31.2 Å². The summed E-state index contributed by atoms with van der Waals surface area (Å²) in [6, 6.07) is 7.71. The molecule has 1 amide bonds. The van der Waals surface area contributed by atoms with Gasteiger partial charge in [0.2, 0.25) is 5.91 Å². The smallest absolute Gasteiger partial charge is 0.307 e. The predicted octanol–water partition coefficient (Wildman–Crippen LogP) is 2.22. The van der Waals surface area contributed by atoms with Crippen molar-refractivity contribution in [3.63, 3.8) is 0 Å². The molecule has 6 heteroatoms. The van der Waals surface area contributed by atoms with E-state index in [0.717, 1.165) is 11.3 Å². The fourth-order valence-electron chi connectivity index (χ4n) is 2.24. The standard InChI is InChI=1S/C15H19NO4S/c1-3-20-12-7-5-4-6-11(12)15-16(13(17)10-21-15)9-8-14(18)19-2/h4-7,15H,3,8-10H2,1-2H3. The van der Waals surface area contributed by atoms with E-state index in [-0.39, 0.29) is 23.7 Å². The van der Waals surface area contributed by atoms with Crippen LogP contribution in [0.1, 0.15) is 24.3 Å². The van der Waals surface area contributed by atoms with Gasteiger partial charge >= 0.3 is 5.97 Å². The number of hydrogen-bond donors (Lipinski definition) is 0. The van der Waals surface area contributed by atoms with Crippen molar-refractivity contribution in [2.45, 2.75) is 18.7 Å². The van der Waals surface area contributed by atoms with Crippen molar-refractivity contribution in [2.24, 2.45) is 0 Å². The Morgan fingerprint density at radius 2 is 2.19 bits per heavy atom. The third-order valence-corrected chi connectivity index (χ3v) is 4.48. The highest BCUT2D eigenvalue weighted by molar-refractivity contribution is 8.00. The number of carbonyl (C=O) groups is 2.